The molecule has 0 aliphatic heterocycles. The molecular weight excluding hydrogens is 288 g/mol. The molecule has 0 saturated heterocycles. The Kier molecular flexibility index (Phi) is 5.20. The van der Waals surface area contributed by atoms with Gasteiger partial charge in [-0.1, -0.05) is 41.9 Å². The Balaban J connectivity index is 2.11. The van der Waals surface area contributed by atoms with Crippen LogP contribution in [0.3, 0.4) is 0 Å². The van der Waals surface area contributed by atoms with Gasteiger partial charge in [0, 0.05) is 23.3 Å². The first-order chi connectivity index (χ1) is 10.1. The highest BCUT2D eigenvalue weighted by Gasteiger charge is 2.13. The molecule has 2 aromatic carbocycles. The van der Waals surface area contributed by atoms with Gasteiger partial charge in [-0.25, -0.2) is 4.79 Å². The fraction of sp³-hybridized carbons (Fsp3) is 0.188. The van der Waals surface area contributed by atoms with Crippen LogP contribution >= 0.6 is 11.6 Å². The number of hydrogen-bond donors (Lipinski definition) is 2. The maximum absolute atomic E-state index is 11.7. The Morgan fingerprint density at radius 3 is 2.67 bits per heavy atom. The van der Waals surface area contributed by atoms with Gasteiger partial charge in [-0.3, -0.25) is 0 Å². The number of carbonyl (C=O) groups excluding carboxylic acids is 1. The molecule has 0 aromatic heterocycles. The predicted octanol–water partition coefficient (Wildman–Crippen LogP) is 3.24. The highest BCUT2D eigenvalue weighted by molar-refractivity contribution is 6.31. The summed E-state index contributed by atoms with van der Waals surface area (Å²) < 4.78 is 4.75. The Morgan fingerprint density at radius 2 is 2.00 bits per heavy atom. The number of halogens is 1. The Bertz CT molecular complexity index is 617. The van der Waals surface area contributed by atoms with E-state index in [2.05, 4.69) is 5.32 Å². The van der Waals surface area contributed by atoms with Crippen LogP contribution < -0.4 is 11.1 Å². The molecule has 1 atom stereocenters. The van der Waals surface area contributed by atoms with Crippen LogP contribution in [0.2, 0.25) is 5.02 Å². The van der Waals surface area contributed by atoms with E-state index in [-0.39, 0.29) is 6.04 Å². The Morgan fingerprint density at radius 1 is 1.29 bits per heavy atom. The molecule has 2 rings (SSSR count). The number of carbonyl (C=O) groups is 1. The molecule has 3 N–H and O–H groups in total. The molecule has 21 heavy (non-hydrogen) atoms. The summed E-state index contributed by atoms with van der Waals surface area (Å²) >= 11 is 5.92. The molecule has 0 saturated carbocycles. The third-order valence-electron chi connectivity index (χ3n) is 3.13. The maximum Gasteiger partial charge on any atom is 0.340 e. The van der Waals surface area contributed by atoms with Crippen molar-refractivity contribution in [3.8, 4) is 0 Å². The average Bonchev–Trinajstić information content (AvgIpc) is 2.53. The summed E-state index contributed by atoms with van der Waals surface area (Å²) in [6.07, 6.45) is 0. The number of anilines is 1. The van der Waals surface area contributed by atoms with E-state index in [1.807, 2.05) is 30.3 Å². The topological polar surface area (TPSA) is 64.3 Å². The van der Waals surface area contributed by atoms with Crippen molar-refractivity contribution in [1.82, 2.24) is 0 Å². The lowest BCUT2D eigenvalue weighted by Crippen LogP contribution is -2.21. The van der Waals surface area contributed by atoms with E-state index in [4.69, 9.17) is 22.1 Å². The number of nitrogens with two attached hydrogens (primary N) is 1. The van der Waals surface area contributed by atoms with Crippen molar-refractivity contribution in [3.63, 3.8) is 0 Å². The number of hydrogen-bond acceptors (Lipinski definition) is 4. The van der Waals surface area contributed by atoms with Gasteiger partial charge in [-0.2, -0.15) is 0 Å². The molecule has 0 radical (unpaired) electrons. The third kappa shape index (κ3) is 3.97. The lowest BCUT2D eigenvalue weighted by molar-refractivity contribution is 0.0602. The first-order valence-electron chi connectivity index (χ1n) is 6.54. The molecule has 0 spiro atoms. The number of esters is 1. The van der Waals surface area contributed by atoms with Gasteiger partial charge in [0.2, 0.25) is 0 Å². The fourth-order valence-corrected chi connectivity index (χ4v) is 2.16. The average molecular weight is 305 g/mol. The number of ether oxygens (including phenoxy) is 1. The van der Waals surface area contributed by atoms with Gasteiger partial charge in [0.05, 0.1) is 12.7 Å². The smallest absolute Gasteiger partial charge is 0.340 e. The van der Waals surface area contributed by atoms with E-state index in [9.17, 15) is 4.79 Å². The minimum atomic E-state index is -0.437. The fourth-order valence-electron chi connectivity index (χ4n) is 1.99. The zero-order valence-corrected chi connectivity index (χ0v) is 12.4. The lowest BCUT2D eigenvalue weighted by atomic mass is 10.1. The van der Waals surface area contributed by atoms with Crippen molar-refractivity contribution in [2.45, 2.75) is 6.04 Å². The number of benzene rings is 2. The second-order valence-corrected chi connectivity index (χ2v) is 5.02. The molecule has 0 aliphatic carbocycles. The zero-order valence-electron chi connectivity index (χ0n) is 11.7. The second-order valence-electron chi connectivity index (χ2n) is 4.58. The van der Waals surface area contributed by atoms with Crippen LogP contribution in [-0.4, -0.2) is 19.6 Å². The first kappa shape index (κ1) is 15.4. The molecule has 110 valence electrons. The van der Waals surface area contributed by atoms with Gasteiger partial charge < -0.3 is 15.8 Å². The summed E-state index contributed by atoms with van der Waals surface area (Å²) in [5.74, 6) is -0.437. The van der Waals surface area contributed by atoms with Crippen molar-refractivity contribution in [1.29, 1.82) is 0 Å². The van der Waals surface area contributed by atoms with Crippen molar-refractivity contribution in [3.05, 3.63) is 64.7 Å². The van der Waals surface area contributed by atoms with E-state index in [0.717, 1.165) is 5.56 Å². The molecule has 2 aromatic rings. The quantitative estimate of drug-likeness (QED) is 0.832. The van der Waals surface area contributed by atoms with Crippen LogP contribution in [0.1, 0.15) is 22.0 Å². The Hall–Kier alpha value is -2.04. The minimum Gasteiger partial charge on any atom is -0.465 e. The van der Waals surface area contributed by atoms with E-state index in [0.29, 0.717) is 22.8 Å². The Labute approximate surface area is 128 Å². The van der Waals surface area contributed by atoms with Gasteiger partial charge >= 0.3 is 5.97 Å². The first-order valence-corrected chi connectivity index (χ1v) is 6.92. The lowest BCUT2D eigenvalue weighted by Gasteiger charge is -2.16. The highest BCUT2D eigenvalue weighted by atomic mass is 35.5. The molecule has 0 fully saturated rings. The summed E-state index contributed by atoms with van der Waals surface area (Å²) in [5.41, 5.74) is 8.20. The highest BCUT2D eigenvalue weighted by Crippen LogP contribution is 2.22. The monoisotopic (exact) mass is 304 g/mol. The van der Waals surface area contributed by atoms with Crippen molar-refractivity contribution < 1.29 is 9.53 Å². The van der Waals surface area contributed by atoms with E-state index >= 15 is 0 Å². The molecular formula is C16H17ClN2O2. The van der Waals surface area contributed by atoms with Crippen LogP contribution in [0, 0.1) is 0 Å². The van der Waals surface area contributed by atoms with Crippen molar-refractivity contribution in [2.75, 3.05) is 19.0 Å². The normalized spacial score (nSPS) is 11.8. The minimum absolute atomic E-state index is 0.174. The molecule has 5 heteroatoms. The van der Waals surface area contributed by atoms with Crippen LogP contribution in [0.5, 0.6) is 0 Å². The van der Waals surface area contributed by atoms with E-state index in [1.54, 1.807) is 18.2 Å². The molecule has 0 unspecified atom stereocenters. The number of rotatable bonds is 5. The summed E-state index contributed by atoms with van der Waals surface area (Å²) in [6.45, 7) is 0.496. The largest absolute Gasteiger partial charge is 0.465 e. The van der Waals surface area contributed by atoms with Gasteiger partial charge in [-0.15, -0.1) is 0 Å². The van der Waals surface area contributed by atoms with Crippen molar-refractivity contribution >= 4 is 23.3 Å². The van der Waals surface area contributed by atoms with Gasteiger partial charge in [0.1, 0.15) is 0 Å². The van der Waals surface area contributed by atoms with Gasteiger partial charge in [0.15, 0.2) is 0 Å². The summed E-state index contributed by atoms with van der Waals surface area (Å²) in [6, 6.07) is 14.6. The zero-order chi connectivity index (χ0) is 15.2. The van der Waals surface area contributed by atoms with Crippen LogP contribution in [0.15, 0.2) is 48.5 Å². The molecule has 0 heterocycles. The molecule has 0 amide bonds. The SMILES string of the molecule is COC(=O)c1cc(Cl)ccc1NC[C@@H](N)c1ccccc1. The molecule has 0 bridgehead atoms. The molecule has 4 nitrogen and oxygen atoms in total. The molecule has 0 aliphatic rings. The van der Waals surface area contributed by atoms with Gasteiger partial charge in [-0.05, 0) is 23.8 Å². The summed E-state index contributed by atoms with van der Waals surface area (Å²) in [4.78, 5) is 11.7. The predicted molar refractivity (Wildman–Crippen MR) is 84.7 cm³/mol. The van der Waals surface area contributed by atoms with Crippen LogP contribution in [0.4, 0.5) is 5.69 Å². The number of nitrogens with one attached hydrogen (secondary N) is 1. The number of methoxy groups -OCH3 is 1. The standard InChI is InChI=1S/C16H17ClN2O2/c1-21-16(20)13-9-12(17)7-8-15(13)19-10-14(18)11-5-3-2-4-6-11/h2-9,14,19H,10,18H2,1H3/t14-/m1/s1. The van der Waals surface area contributed by atoms with Crippen molar-refractivity contribution in [2.24, 2.45) is 5.73 Å². The van der Waals surface area contributed by atoms with E-state index < -0.39 is 5.97 Å². The second kappa shape index (κ2) is 7.11. The third-order valence-corrected chi connectivity index (χ3v) is 3.36. The summed E-state index contributed by atoms with van der Waals surface area (Å²) in [7, 11) is 1.34. The van der Waals surface area contributed by atoms with E-state index in [1.165, 1.54) is 7.11 Å². The summed E-state index contributed by atoms with van der Waals surface area (Å²) in [5, 5.41) is 3.65. The van der Waals surface area contributed by atoms with Crippen LogP contribution in [0.25, 0.3) is 0 Å². The maximum atomic E-state index is 11.7. The van der Waals surface area contributed by atoms with Gasteiger partial charge in [0.25, 0.3) is 0 Å². The van der Waals surface area contributed by atoms with Crippen LogP contribution in [-0.2, 0) is 4.74 Å².